The molecule has 1 aromatic carbocycles. The Kier molecular flexibility index (Phi) is 3.93. The first kappa shape index (κ1) is 11.9. The number of nitrogens with one attached hydrogen (secondary N) is 1. The van der Waals surface area contributed by atoms with Crippen molar-refractivity contribution >= 4 is 5.69 Å². The molecule has 0 bridgehead atoms. The summed E-state index contributed by atoms with van der Waals surface area (Å²) in [5, 5.41) is 10.8. The fraction of sp³-hybridized carbons (Fsp3) is 0.500. The number of hydrogen-bond acceptors (Lipinski definition) is 3. The number of nitro groups is 1. The molecule has 0 spiro atoms. The second-order valence-electron chi connectivity index (χ2n) is 4.28. The van der Waals surface area contributed by atoms with Crippen LogP contribution in [0.4, 0.5) is 5.69 Å². The molecular formula is C12H17N2O3+. The largest absolute Gasteiger partial charge is 0.481 e. The van der Waals surface area contributed by atoms with E-state index in [2.05, 4.69) is 0 Å². The number of rotatable bonds is 5. The molecular weight excluding hydrogens is 220 g/mol. The van der Waals surface area contributed by atoms with Gasteiger partial charge in [0.05, 0.1) is 18.0 Å². The predicted octanol–water partition coefficient (Wildman–Crippen LogP) is 0.652. The lowest BCUT2D eigenvalue weighted by molar-refractivity contribution is -0.887. The van der Waals surface area contributed by atoms with Crippen molar-refractivity contribution in [3.05, 3.63) is 34.4 Å². The summed E-state index contributed by atoms with van der Waals surface area (Å²) in [5.41, 5.74) is 0.0453. The van der Waals surface area contributed by atoms with E-state index in [1.54, 1.807) is 18.2 Å². The van der Waals surface area contributed by atoms with E-state index in [0.717, 1.165) is 6.54 Å². The van der Waals surface area contributed by atoms with Crippen molar-refractivity contribution in [1.82, 2.24) is 0 Å². The van der Waals surface area contributed by atoms with Gasteiger partial charge in [0.25, 0.3) is 0 Å². The summed E-state index contributed by atoms with van der Waals surface area (Å²) in [6.45, 7) is 3.85. The molecule has 92 valence electrons. The van der Waals surface area contributed by atoms with Crippen LogP contribution < -0.4 is 9.64 Å². The van der Waals surface area contributed by atoms with Gasteiger partial charge in [0.2, 0.25) is 0 Å². The van der Waals surface area contributed by atoms with Gasteiger partial charge in [-0.05, 0) is 6.07 Å². The highest BCUT2D eigenvalue weighted by Gasteiger charge is 2.17. The Morgan fingerprint density at radius 1 is 1.29 bits per heavy atom. The molecule has 17 heavy (non-hydrogen) atoms. The number of nitrogens with zero attached hydrogens (tertiary/aromatic N) is 1. The van der Waals surface area contributed by atoms with E-state index in [4.69, 9.17) is 4.74 Å². The minimum atomic E-state index is -0.405. The van der Waals surface area contributed by atoms with Crippen LogP contribution in [0.3, 0.4) is 0 Å². The summed E-state index contributed by atoms with van der Waals surface area (Å²) in [6, 6.07) is 6.53. The van der Waals surface area contributed by atoms with Crippen LogP contribution in [0.25, 0.3) is 0 Å². The summed E-state index contributed by atoms with van der Waals surface area (Å²) >= 11 is 0. The van der Waals surface area contributed by atoms with Gasteiger partial charge in [-0.25, -0.2) is 0 Å². The zero-order chi connectivity index (χ0) is 12.1. The normalized spacial score (nSPS) is 16.0. The number of para-hydroxylation sites is 2. The van der Waals surface area contributed by atoms with Crippen molar-refractivity contribution < 1.29 is 14.6 Å². The van der Waals surface area contributed by atoms with Crippen LogP contribution in [-0.4, -0.2) is 31.2 Å². The smallest absolute Gasteiger partial charge is 0.310 e. The Labute approximate surface area is 100 Å². The van der Waals surface area contributed by atoms with E-state index < -0.39 is 4.92 Å². The van der Waals surface area contributed by atoms with E-state index in [1.165, 1.54) is 36.9 Å². The first-order chi connectivity index (χ1) is 8.27. The van der Waals surface area contributed by atoms with Crippen molar-refractivity contribution in [2.24, 2.45) is 0 Å². The summed E-state index contributed by atoms with van der Waals surface area (Å²) in [6.07, 6.45) is 2.56. The molecule has 1 saturated heterocycles. The standard InChI is InChI=1S/C12H16N2O3/c15-14(16)11-5-1-2-6-12(11)17-10-9-13-7-3-4-8-13/h1-2,5-6H,3-4,7-10H2/p+1. The van der Waals surface area contributed by atoms with Gasteiger partial charge in [-0.1, -0.05) is 12.1 Å². The second kappa shape index (κ2) is 5.63. The first-order valence-corrected chi connectivity index (χ1v) is 5.97. The van der Waals surface area contributed by atoms with Gasteiger partial charge in [0, 0.05) is 18.9 Å². The molecule has 1 aliphatic rings. The summed E-state index contributed by atoms with van der Waals surface area (Å²) in [7, 11) is 0. The van der Waals surface area contributed by atoms with Crippen LogP contribution in [0.1, 0.15) is 12.8 Å². The van der Waals surface area contributed by atoms with Crippen molar-refractivity contribution in [3.63, 3.8) is 0 Å². The van der Waals surface area contributed by atoms with Crippen LogP contribution in [0.15, 0.2) is 24.3 Å². The van der Waals surface area contributed by atoms with E-state index in [-0.39, 0.29) is 5.69 Å². The number of ether oxygens (including phenoxy) is 1. The number of nitro benzene ring substituents is 1. The van der Waals surface area contributed by atoms with Crippen molar-refractivity contribution in [1.29, 1.82) is 0 Å². The third-order valence-electron chi connectivity index (χ3n) is 3.09. The Hall–Kier alpha value is -1.62. The monoisotopic (exact) mass is 237 g/mol. The van der Waals surface area contributed by atoms with Crippen molar-refractivity contribution in [3.8, 4) is 5.75 Å². The third-order valence-corrected chi connectivity index (χ3v) is 3.09. The van der Waals surface area contributed by atoms with E-state index in [9.17, 15) is 10.1 Å². The number of benzene rings is 1. The van der Waals surface area contributed by atoms with Crippen LogP contribution >= 0.6 is 0 Å². The zero-order valence-corrected chi connectivity index (χ0v) is 9.72. The zero-order valence-electron chi connectivity index (χ0n) is 9.72. The van der Waals surface area contributed by atoms with Gasteiger partial charge < -0.3 is 9.64 Å². The molecule has 0 unspecified atom stereocenters. The summed E-state index contributed by atoms with van der Waals surface area (Å²) < 4.78 is 5.50. The Morgan fingerprint density at radius 2 is 2.00 bits per heavy atom. The highest BCUT2D eigenvalue weighted by atomic mass is 16.6. The minimum Gasteiger partial charge on any atom is -0.481 e. The number of likely N-dealkylation sites (tertiary alicyclic amines) is 1. The quantitative estimate of drug-likeness (QED) is 0.604. The molecule has 1 heterocycles. The maximum Gasteiger partial charge on any atom is 0.310 e. The lowest BCUT2D eigenvalue weighted by Gasteiger charge is -2.12. The van der Waals surface area contributed by atoms with Crippen molar-refractivity contribution in [2.45, 2.75) is 12.8 Å². The molecule has 1 fully saturated rings. The SMILES string of the molecule is O=[N+]([O-])c1ccccc1OCC[NH+]1CCCC1. The van der Waals surface area contributed by atoms with Gasteiger partial charge in [0.15, 0.2) is 5.75 Å². The fourth-order valence-corrected chi connectivity index (χ4v) is 2.16. The van der Waals surface area contributed by atoms with Gasteiger partial charge in [0.1, 0.15) is 13.2 Å². The highest BCUT2D eigenvalue weighted by molar-refractivity contribution is 5.45. The van der Waals surface area contributed by atoms with Gasteiger partial charge >= 0.3 is 5.69 Å². The Morgan fingerprint density at radius 3 is 2.71 bits per heavy atom. The second-order valence-corrected chi connectivity index (χ2v) is 4.28. The Bertz CT molecular complexity index is 389. The fourth-order valence-electron chi connectivity index (χ4n) is 2.16. The molecule has 0 aliphatic carbocycles. The molecule has 0 amide bonds. The molecule has 5 heteroatoms. The maximum atomic E-state index is 10.8. The topological polar surface area (TPSA) is 56.8 Å². The van der Waals surface area contributed by atoms with Crippen LogP contribution in [0, 0.1) is 10.1 Å². The van der Waals surface area contributed by atoms with Crippen molar-refractivity contribution in [2.75, 3.05) is 26.2 Å². The van der Waals surface area contributed by atoms with E-state index in [1.807, 2.05) is 0 Å². The summed E-state index contributed by atoms with van der Waals surface area (Å²) in [5.74, 6) is 0.371. The van der Waals surface area contributed by atoms with Crippen LogP contribution in [0.2, 0.25) is 0 Å². The van der Waals surface area contributed by atoms with Gasteiger partial charge in [-0.3, -0.25) is 10.1 Å². The average molecular weight is 237 g/mol. The molecule has 1 N–H and O–H groups in total. The molecule has 2 rings (SSSR count). The van der Waals surface area contributed by atoms with Gasteiger partial charge in [-0.15, -0.1) is 0 Å². The molecule has 5 nitrogen and oxygen atoms in total. The third kappa shape index (κ3) is 3.17. The maximum absolute atomic E-state index is 10.8. The predicted molar refractivity (Wildman–Crippen MR) is 63.4 cm³/mol. The van der Waals surface area contributed by atoms with Gasteiger partial charge in [-0.2, -0.15) is 0 Å². The summed E-state index contributed by atoms with van der Waals surface area (Å²) in [4.78, 5) is 11.9. The lowest BCUT2D eigenvalue weighted by Crippen LogP contribution is -3.10. The molecule has 1 aliphatic heterocycles. The molecule has 0 radical (unpaired) electrons. The number of quaternary nitrogens is 1. The lowest BCUT2D eigenvalue weighted by atomic mass is 10.3. The van der Waals surface area contributed by atoms with Crippen LogP contribution in [0.5, 0.6) is 5.75 Å². The first-order valence-electron chi connectivity index (χ1n) is 5.97. The van der Waals surface area contributed by atoms with E-state index >= 15 is 0 Å². The minimum absolute atomic E-state index is 0.0453. The van der Waals surface area contributed by atoms with Crippen LogP contribution in [-0.2, 0) is 0 Å². The molecule has 1 aromatic rings. The molecule has 0 saturated carbocycles. The number of hydrogen-bond donors (Lipinski definition) is 1. The average Bonchev–Trinajstić information content (AvgIpc) is 2.82. The molecule has 0 aromatic heterocycles. The highest BCUT2D eigenvalue weighted by Crippen LogP contribution is 2.25. The van der Waals surface area contributed by atoms with E-state index in [0.29, 0.717) is 12.4 Å². The Balaban J connectivity index is 1.87. The molecule has 0 atom stereocenters.